The molecule has 1 amide bonds. The third kappa shape index (κ3) is 3.03. The highest BCUT2D eigenvalue weighted by Crippen LogP contribution is 2.25. The van der Waals surface area contributed by atoms with Crippen molar-refractivity contribution in [2.24, 2.45) is 0 Å². The summed E-state index contributed by atoms with van der Waals surface area (Å²) in [6, 6.07) is 3.67. The number of hydrogen-bond acceptors (Lipinski definition) is 7. The van der Waals surface area contributed by atoms with E-state index in [-0.39, 0.29) is 11.9 Å². The molecule has 0 saturated carbocycles. The fraction of sp³-hybridized carbons (Fsp3) is 0.263. The molecule has 0 aromatic carbocycles. The Hall–Kier alpha value is -3.66. The third-order valence-electron chi connectivity index (χ3n) is 4.79. The number of carbonyl (C=O) groups is 1. The smallest absolute Gasteiger partial charge is 0.257 e. The van der Waals surface area contributed by atoms with Gasteiger partial charge < -0.3 is 25.1 Å². The lowest BCUT2D eigenvalue weighted by atomic mass is 10.2. The summed E-state index contributed by atoms with van der Waals surface area (Å²) in [5, 5.41) is 13.7. The summed E-state index contributed by atoms with van der Waals surface area (Å²) in [7, 11) is 1.80. The molecule has 10 nitrogen and oxygen atoms in total. The molecule has 10 heteroatoms. The first-order valence-corrected chi connectivity index (χ1v) is 9.30. The zero-order valence-electron chi connectivity index (χ0n) is 16.0. The molecule has 0 fully saturated rings. The van der Waals surface area contributed by atoms with Crippen molar-refractivity contribution in [2.45, 2.75) is 19.6 Å². The van der Waals surface area contributed by atoms with E-state index in [0.717, 1.165) is 16.9 Å². The number of ether oxygens (including phenoxy) is 1. The summed E-state index contributed by atoms with van der Waals surface area (Å²) in [6.07, 6.45) is 7.14. The van der Waals surface area contributed by atoms with Gasteiger partial charge in [0.2, 0.25) is 0 Å². The molecule has 1 atom stereocenters. The van der Waals surface area contributed by atoms with Gasteiger partial charge in [-0.1, -0.05) is 0 Å². The fourth-order valence-corrected chi connectivity index (χ4v) is 3.46. The summed E-state index contributed by atoms with van der Waals surface area (Å²) in [5.41, 5.74) is 3.40. The van der Waals surface area contributed by atoms with Crippen LogP contribution in [0.5, 0.6) is 0 Å². The monoisotopic (exact) mass is 392 g/mol. The van der Waals surface area contributed by atoms with Crippen LogP contribution >= 0.6 is 0 Å². The molecule has 5 rings (SSSR count). The zero-order chi connectivity index (χ0) is 20.0. The summed E-state index contributed by atoms with van der Waals surface area (Å²) in [4.78, 5) is 21.9. The van der Waals surface area contributed by atoms with Gasteiger partial charge in [-0.05, 0) is 18.6 Å². The average molecular weight is 392 g/mol. The minimum absolute atomic E-state index is 0.165. The van der Waals surface area contributed by atoms with Crippen molar-refractivity contribution >= 4 is 34.5 Å². The van der Waals surface area contributed by atoms with E-state index in [2.05, 4.69) is 31.0 Å². The Morgan fingerprint density at radius 3 is 3.07 bits per heavy atom. The van der Waals surface area contributed by atoms with E-state index in [1.807, 2.05) is 35.9 Å². The second-order valence-corrected chi connectivity index (χ2v) is 7.01. The average Bonchev–Trinajstić information content (AvgIpc) is 3.33. The molecule has 1 aliphatic rings. The van der Waals surface area contributed by atoms with Crippen molar-refractivity contribution in [3.63, 3.8) is 0 Å². The summed E-state index contributed by atoms with van der Waals surface area (Å²) >= 11 is 0. The molecule has 0 spiro atoms. The van der Waals surface area contributed by atoms with E-state index in [1.54, 1.807) is 17.8 Å². The maximum Gasteiger partial charge on any atom is 0.257 e. The SMILES string of the molecule is CNc1cc2nc3c(cnn13)C(=O)N[C@H](C)COCc1cc(c3nccn3c1)N2. The molecule has 0 radical (unpaired) electrons. The quantitative estimate of drug-likeness (QED) is 0.453. The van der Waals surface area contributed by atoms with E-state index in [0.29, 0.717) is 36.1 Å². The van der Waals surface area contributed by atoms with Crippen LogP contribution in [0.4, 0.5) is 17.3 Å². The van der Waals surface area contributed by atoms with Crippen molar-refractivity contribution in [3.05, 3.63) is 48.0 Å². The first-order chi connectivity index (χ1) is 14.1. The number of imidazole rings is 1. The van der Waals surface area contributed by atoms with Crippen molar-refractivity contribution in [1.82, 2.24) is 29.3 Å². The number of aromatic nitrogens is 5. The third-order valence-corrected chi connectivity index (χ3v) is 4.79. The van der Waals surface area contributed by atoms with E-state index in [4.69, 9.17) is 4.74 Å². The molecule has 4 aromatic heterocycles. The molecular weight excluding hydrogens is 372 g/mol. The highest BCUT2D eigenvalue weighted by Gasteiger charge is 2.19. The van der Waals surface area contributed by atoms with Crippen LogP contribution in [0.3, 0.4) is 0 Å². The number of nitrogens with zero attached hydrogens (tertiary/aromatic N) is 5. The van der Waals surface area contributed by atoms with Crippen molar-refractivity contribution in [2.75, 3.05) is 24.3 Å². The number of pyridine rings is 1. The standard InChI is InChI=1S/C19H20N8O2/c1-11-9-29-10-12-5-14(18-21-3-4-26(18)8-12)24-15-6-16(20-2)27-17(25-15)13(7-22-27)19(28)23-11/h3-8,11,20H,9-10H2,1-2H3,(H,23,28)(H,24,25)/t11-/m1/s1. The van der Waals surface area contributed by atoms with Crippen LogP contribution in [-0.4, -0.2) is 49.6 Å². The topological polar surface area (TPSA) is 110 Å². The Labute approximate surface area is 165 Å². The van der Waals surface area contributed by atoms with Gasteiger partial charge in [-0.15, -0.1) is 0 Å². The van der Waals surface area contributed by atoms with Gasteiger partial charge in [-0.2, -0.15) is 9.61 Å². The second kappa shape index (κ2) is 6.74. The lowest BCUT2D eigenvalue weighted by Crippen LogP contribution is -2.35. The van der Waals surface area contributed by atoms with E-state index >= 15 is 0 Å². The largest absolute Gasteiger partial charge is 0.375 e. The maximum absolute atomic E-state index is 12.8. The Balaban J connectivity index is 1.71. The molecule has 3 N–H and O–H groups in total. The minimum Gasteiger partial charge on any atom is -0.375 e. The van der Waals surface area contributed by atoms with E-state index in [9.17, 15) is 4.79 Å². The maximum atomic E-state index is 12.8. The van der Waals surface area contributed by atoms with E-state index in [1.165, 1.54) is 6.20 Å². The first-order valence-electron chi connectivity index (χ1n) is 9.30. The predicted molar refractivity (Wildman–Crippen MR) is 108 cm³/mol. The van der Waals surface area contributed by atoms with Crippen LogP contribution in [0, 0.1) is 0 Å². The lowest BCUT2D eigenvalue weighted by Gasteiger charge is -2.16. The van der Waals surface area contributed by atoms with Crippen molar-refractivity contribution in [1.29, 1.82) is 0 Å². The Kier molecular flexibility index (Phi) is 4.06. The van der Waals surface area contributed by atoms with Crippen LogP contribution < -0.4 is 16.0 Å². The van der Waals surface area contributed by atoms with Crippen molar-refractivity contribution < 1.29 is 9.53 Å². The molecule has 0 unspecified atom stereocenters. The molecule has 4 bridgehead atoms. The van der Waals surface area contributed by atoms with Gasteiger partial charge in [0.05, 0.1) is 25.1 Å². The van der Waals surface area contributed by atoms with Gasteiger partial charge in [0.15, 0.2) is 11.3 Å². The number of fused-ring (bicyclic) bond motifs is 5. The number of rotatable bonds is 1. The molecule has 0 aliphatic carbocycles. The van der Waals surface area contributed by atoms with Crippen molar-refractivity contribution in [3.8, 4) is 0 Å². The van der Waals surface area contributed by atoms with Gasteiger partial charge in [-0.3, -0.25) is 4.79 Å². The predicted octanol–water partition coefficient (Wildman–Crippen LogP) is 1.81. The number of anilines is 3. The summed E-state index contributed by atoms with van der Waals surface area (Å²) in [5.74, 6) is 1.04. The molecule has 1 aliphatic heterocycles. The van der Waals surface area contributed by atoms with Crippen LogP contribution in [0.15, 0.2) is 36.9 Å². The number of amides is 1. The Morgan fingerprint density at radius 2 is 2.21 bits per heavy atom. The highest BCUT2D eigenvalue weighted by atomic mass is 16.5. The van der Waals surface area contributed by atoms with Crippen LogP contribution in [-0.2, 0) is 11.3 Å². The Bertz CT molecular complexity index is 1230. The number of carbonyl (C=O) groups excluding carboxylic acids is 1. The second-order valence-electron chi connectivity index (χ2n) is 7.01. The molecular formula is C19H20N8O2. The first kappa shape index (κ1) is 17.4. The van der Waals surface area contributed by atoms with Gasteiger partial charge in [-0.25, -0.2) is 9.97 Å². The van der Waals surface area contributed by atoms with Crippen LogP contribution in [0.2, 0.25) is 0 Å². The minimum atomic E-state index is -0.242. The molecule has 29 heavy (non-hydrogen) atoms. The van der Waals surface area contributed by atoms with Gasteiger partial charge >= 0.3 is 0 Å². The number of nitrogens with one attached hydrogen (secondary N) is 3. The van der Waals surface area contributed by atoms with Gasteiger partial charge in [0.1, 0.15) is 17.2 Å². The lowest BCUT2D eigenvalue weighted by molar-refractivity contribution is 0.0821. The summed E-state index contributed by atoms with van der Waals surface area (Å²) < 4.78 is 9.37. The molecule has 5 heterocycles. The van der Waals surface area contributed by atoms with E-state index < -0.39 is 0 Å². The van der Waals surface area contributed by atoms with Crippen LogP contribution in [0.25, 0.3) is 11.3 Å². The Morgan fingerprint density at radius 1 is 1.31 bits per heavy atom. The fourth-order valence-electron chi connectivity index (χ4n) is 3.46. The van der Waals surface area contributed by atoms with Gasteiger partial charge in [0.25, 0.3) is 5.91 Å². The highest BCUT2D eigenvalue weighted by molar-refractivity contribution is 6.00. The molecule has 4 aromatic rings. The van der Waals surface area contributed by atoms with Crippen LogP contribution in [0.1, 0.15) is 22.8 Å². The number of hydrogen-bond donors (Lipinski definition) is 3. The van der Waals surface area contributed by atoms with Gasteiger partial charge in [0, 0.05) is 37.7 Å². The zero-order valence-corrected chi connectivity index (χ0v) is 16.0. The molecule has 148 valence electrons. The summed E-state index contributed by atoms with van der Waals surface area (Å²) in [6.45, 7) is 2.70. The molecule has 0 saturated heterocycles. The normalized spacial score (nSPS) is 17.2.